The van der Waals surface area contributed by atoms with Crippen LogP contribution in [0.15, 0.2) is 41.1 Å². The summed E-state index contributed by atoms with van der Waals surface area (Å²) < 4.78 is 0.991. The van der Waals surface area contributed by atoms with E-state index in [-0.39, 0.29) is 0 Å². The molecule has 4 nitrogen and oxygen atoms in total. The van der Waals surface area contributed by atoms with Gasteiger partial charge in [0.25, 0.3) is 0 Å². The molecule has 2 rings (SSSR count). The summed E-state index contributed by atoms with van der Waals surface area (Å²) >= 11 is 3.35. The molecule has 0 bridgehead atoms. The first-order chi connectivity index (χ1) is 7.84. The van der Waals surface area contributed by atoms with Gasteiger partial charge in [-0.2, -0.15) is 10.2 Å². The van der Waals surface area contributed by atoms with Crippen molar-refractivity contribution in [3.63, 3.8) is 0 Å². The van der Waals surface area contributed by atoms with E-state index in [4.69, 9.17) is 0 Å². The van der Waals surface area contributed by atoms with Crippen LogP contribution >= 0.6 is 15.9 Å². The lowest BCUT2D eigenvalue weighted by atomic mass is 10.3. The lowest BCUT2D eigenvalue weighted by Gasteiger charge is -2.03. The Morgan fingerprint density at radius 3 is 2.69 bits per heavy atom. The number of rotatable bonds is 4. The molecule has 2 heterocycles. The molecular formula is C11H11BrN4. The van der Waals surface area contributed by atoms with E-state index in [1.807, 2.05) is 24.3 Å². The van der Waals surface area contributed by atoms with Gasteiger partial charge < -0.3 is 5.32 Å². The maximum Gasteiger partial charge on any atom is 0.0769 e. The Morgan fingerprint density at radius 2 is 2.00 bits per heavy atom. The van der Waals surface area contributed by atoms with E-state index in [1.165, 1.54) is 0 Å². The van der Waals surface area contributed by atoms with Gasteiger partial charge in [-0.05, 0) is 40.2 Å². The fourth-order valence-electron chi connectivity index (χ4n) is 1.26. The van der Waals surface area contributed by atoms with Crippen molar-refractivity contribution >= 4 is 15.9 Å². The molecule has 0 aliphatic heterocycles. The third-order valence-electron chi connectivity index (χ3n) is 2.03. The summed E-state index contributed by atoms with van der Waals surface area (Å²) in [7, 11) is 0. The third kappa shape index (κ3) is 3.36. The van der Waals surface area contributed by atoms with E-state index in [9.17, 15) is 0 Å². The monoisotopic (exact) mass is 278 g/mol. The Morgan fingerprint density at radius 1 is 1.12 bits per heavy atom. The SMILES string of the molecule is Brc1ccc(CNCc2cccnn2)nc1. The second-order valence-corrected chi connectivity index (χ2v) is 4.20. The Labute approximate surface area is 102 Å². The molecule has 0 aliphatic carbocycles. The van der Waals surface area contributed by atoms with Gasteiger partial charge in [0.15, 0.2) is 0 Å². The lowest BCUT2D eigenvalue weighted by molar-refractivity contribution is 0.659. The first-order valence-electron chi connectivity index (χ1n) is 4.92. The summed E-state index contributed by atoms with van der Waals surface area (Å²) in [5, 5.41) is 11.1. The highest BCUT2D eigenvalue weighted by atomic mass is 79.9. The van der Waals surface area contributed by atoms with E-state index in [0.29, 0.717) is 6.54 Å². The standard InChI is InChI=1S/C11H11BrN4/c12-9-3-4-10(14-6-9)7-13-8-11-2-1-5-15-16-11/h1-6,13H,7-8H2. The third-order valence-corrected chi connectivity index (χ3v) is 2.50. The Hall–Kier alpha value is -1.33. The van der Waals surface area contributed by atoms with Gasteiger partial charge in [0.2, 0.25) is 0 Å². The van der Waals surface area contributed by atoms with E-state index >= 15 is 0 Å². The molecule has 0 aliphatic rings. The van der Waals surface area contributed by atoms with Crippen LogP contribution in [0.2, 0.25) is 0 Å². The molecule has 82 valence electrons. The molecule has 0 radical (unpaired) electrons. The zero-order chi connectivity index (χ0) is 11.2. The van der Waals surface area contributed by atoms with Gasteiger partial charge in [0, 0.05) is 30.0 Å². The van der Waals surface area contributed by atoms with Crippen LogP contribution < -0.4 is 5.32 Å². The van der Waals surface area contributed by atoms with Crippen LogP contribution in [0, 0.1) is 0 Å². The number of aromatic nitrogens is 3. The highest BCUT2D eigenvalue weighted by molar-refractivity contribution is 9.10. The zero-order valence-electron chi connectivity index (χ0n) is 8.60. The second-order valence-electron chi connectivity index (χ2n) is 3.29. The van der Waals surface area contributed by atoms with Crippen LogP contribution in [-0.2, 0) is 13.1 Å². The van der Waals surface area contributed by atoms with Crippen molar-refractivity contribution in [2.45, 2.75) is 13.1 Å². The average molecular weight is 279 g/mol. The van der Waals surface area contributed by atoms with Gasteiger partial charge in [0.1, 0.15) is 0 Å². The van der Waals surface area contributed by atoms with Gasteiger partial charge in [-0.1, -0.05) is 0 Å². The summed E-state index contributed by atoms with van der Waals surface area (Å²) in [5.41, 5.74) is 1.94. The van der Waals surface area contributed by atoms with E-state index in [0.717, 1.165) is 22.4 Å². The molecule has 5 heteroatoms. The first-order valence-corrected chi connectivity index (χ1v) is 5.71. The molecule has 0 saturated heterocycles. The minimum absolute atomic E-state index is 0.700. The first kappa shape index (κ1) is 11.2. The number of nitrogens with zero attached hydrogens (tertiary/aromatic N) is 3. The maximum atomic E-state index is 4.26. The molecule has 0 saturated carbocycles. The molecule has 0 aromatic carbocycles. The van der Waals surface area contributed by atoms with Crippen molar-refractivity contribution in [2.24, 2.45) is 0 Å². The number of nitrogens with one attached hydrogen (secondary N) is 1. The molecule has 0 spiro atoms. The van der Waals surface area contributed by atoms with Crippen LogP contribution in [0.4, 0.5) is 0 Å². The molecule has 1 N–H and O–H groups in total. The largest absolute Gasteiger partial charge is 0.305 e. The maximum absolute atomic E-state index is 4.26. The quantitative estimate of drug-likeness (QED) is 0.929. The van der Waals surface area contributed by atoms with Crippen molar-refractivity contribution in [3.05, 3.63) is 52.5 Å². The van der Waals surface area contributed by atoms with E-state index in [1.54, 1.807) is 12.4 Å². The van der Waals surface area contributed by atoms with Crippen LogP contribution in [0.5, 0.6) is 0 Å². The van der Waals surface area contributed by atoms with Crippen LogP contribution in [-0.4, -0.2) is 15.2 Å². The molecule has 0 atom stereocenters. The second kappa shape index (κ2) is 5.67. The van der Waals surface area contributed by atoms with Crippen molar-refractivity contribution in [1.82, 2.24) is 20.5 Å². The molecule has 2 aromatic heterocycles. The minimum Gasteiger partial charge on any atom is -0.305 e. The zero-order valence-corrected chi connectivity index (χ0v) is 10.2. The summed E-state index contributed by atoms with van der Waals surface area (Å²) in [5.74, 6) is 0. The molecule has 0 amide bonds. The van der Waals surface area contributed by atoms with Gasteiger partial charge in [0.05, 0.1) is 11.4 Å². The lowest BCUT2D eigenvalue weighted by Crippen LogP contribution is -2.14. The van der Waals surface area contributed by atoms with Crippen LogP contribution in [0.3, 0.4) is 0 Å². The van der Waals surface area contributed by atoms with Gasteiger partial charge in [-0.3, -0.25) is 4.98 Å². The van der Waals surface area contributed by atoms with Gasteiger partial charge in [-0.15, -0.1) is 0 Å². The number of hydrogen-bond donors (Lipinski definition) is 1. The number of pyridine rings is 1. The Balaban J connectivity index is 1.82. The molecule has 2 aromatic rings. The van der Waals surface area contributed by atoms with Crippen molar-refractivity contribution < 1.29 is 0 Å². The summed E-state index contributed by atoms with van der Waals surface area (Å²) in [6.07, 6.45) is 3.46. The number of hydrogen-bond acceptors (Lipinski definition) is 4. The van der Waals surface area contributed by atoms with Crippen molar-refractivity contribution in [2.75, 3.05) is 0 Å². The Bertz CT molecular complexity index is 429. The highest BCUT2D eigenvalue weighted by Gasteiger charge is 1.96. The topological polar surface area (TPSA) is 50.7 Å². The Kier molecular flexibility index (Phi) is 3.96. The van der Waals surface area contributed by atoms with E-state index in [2.05, 4.69) is 36.4 Å². The van der Waals surface area contributed by atoms with E-state index < -0.39 is 0 Å². The fourth-order valence-corrected chi connectivity index (χ4v) is 1.49. The average Bonchev–Trinajstić information content (AvgIpc) is 2.33. The van der Waals surface area contributed by atoms with Gasteiger partial charge in [-0.25, -0.2) is 0 Å². The van der Waals surface area contributed by atoms with Crippen LogP contribution in [0.25, 0.3) is 0 Å². The van der Waals surface area contributed by atoms with Gasteiger partial charge >= 0.3 is 0 Å². The minimum atomic E-state index is 0.700. The van der Waals surface area contributed by atoms with Crippen LogP contribution in [0.1, 0.15) is 11.4 Å². The van der Waals surface area contributed by atoms with Crippen molar-refractivity contribution in [1.29, 1.82) is 0 Å². The molecular weight excluding hydrogens is 268 g/mol. The highest BCUT2D eigenvalue weighted by Crippen LogP contribution is 2.07. The summed E-state index contributed by atoms with van der Waals surface area (Å²) in [6, 6.07) is 7.77. The predicted molar refractivity (Wildman–Crippen MR) is 64.5 cm³/mol. The molecule has 16 heavy (non-hydrogen) atoms. The summed E-state index contributed by atoms with van der Waals surface area (Å²) in [6.45, 7) is 1.43. The molecule has 0 fully saturated rings. The summed E-state index contributed by atoms with van der Waals surface area (Å²) in [4.78, 5) is 4.26. The molecule has 0 unspecified atom stereocenters. The van der Waals surface area contributed by atoms with Crippen molar-refractivity contribution in [3.8, 4) is 0 Å². The predicted octanol–water partition coefficient (Wildman–Crippen LogP) is 1.92. The number of halogens is 1. The smallest absolute Gasteiger partial charge is 0.0769 e. The fraction of sp³-hybridized carbons (Fsp3) is 0.182. The normalized spacial score (nSPS) is 10.3.